The molecule has 112 valence electrons. The molecule has 2 rings (SSSR count). The van der Waals surface area contributed by atoms with Gasteiger partial charge in [0.25, 0.3) is 0 Å². The molecule has 0 aromatic heterocycles. The predicted molar refractivity (Wildman–Crippen MR) is 83.9 cm³/mol. The van der Waals surface area contributed by atoms with Crippen molar-refractivity contribution in [2.75, 3.05) is 6.54 Å². The summed E-state index contributed by atoms with van der Waals surface area (Å²) in [5.74, 6) is 0. The van der Waals surface area contributed by atoms with Crippen LogP contribution in [0.25, 0.3) is 0 Å². The van der Waals surface area contributed by atoms with Crippen LogP contribution in [0.1, 0.15) is 72.1 Å². The lowest BCUT2D eigenvalue weighted by molar-refractivity contribution is 0.174. The summed E-state index contributed by atoms with van der Waals surface area (Å²) in [4.78, 5) is 0. The summed E-state index contributed by atoms with van der Waals surface area (Å²) in [7, 11) is -0.634. The SMILES string of the molecule is CCNC1C(S(=O)C2CCCCC2)CCCC1(C)C. The molecule has 1 N–H and O–H groups in total. The van der Waals surface area contributed by atoms with Crippen molar-refractivity contribution in [1.82, 2.24) is 5.32 Å². The van der Waals surface area contributed by atoms with Crippen molar-refractivity contribution in [3.8, 4) is 0 Å². The number of nitrogens with one attached hydrogen (secondary N) is 1. The normalized spacial score (nSPS) is 34.1. The number of hydrogen-bond donors (Lipinski definition) is 1. The summed E-state index contributed by atoms with van der Waals surface area (Å²) in [6, 6.07) is 0.439. The predicted octanol–water partition coefficient (Wildman–Crippen LogP) is 3.62. The Morgan fingerprint density at radius 3 is 2.42 bits per heavy atom. The first kappa shape index (κ1) is 15.5. The molecule has 0 aromatic carbocycles. The zero-order chi connectivity index (χ0) is 13.9. The minimum atomic E-state index is -0.634. The molecule has 2 nitrogen and oxygen atoms in total. The van der Waals surface area contributed by atoms with Crippen LogP contribution in [0.4, 0.5) is 0 Å². The van der Waals surface area contributed by atoms with Gasteiger partial charge in [-0.15, -0.1) is 0 Å². The maximum atomic E-state index is 13.0. The molecule has 0 heterocycles. The van der Waals surface area contributed by atoms with E-state index in [9.17, 15) is 4.21 Å². The van der Waals surface area contributed by atoms with Gasteiger partial charge in [0, 0.05) is 22.1 Å². The molecule has 0 aliphatic heterocycles. The van der Waals surface area contributed by atoms with Crippen molar-refractivity contribution in [3.05, 3.63) is 0 Å². The van der Waals surface area contributed by atoms with Crippen LogP contribution in [0.2, 0.25) is 0 Å². The van der Waals surface area contributed by atoms with Gasteiger partial charge in [0.1, 0.15) is 0 Å². The molecular formula is C16H31NOS. The fraction of sp³-hybridized carbons (Fsp3) is 1.00. The highest BCUT2D eigenvalue weighted by Crippen LogP contribution is 2.39. The van der Waals surface area contributed by atoms with Gasteiger partial charge in [-0.1, -0.05) is 46.5 Å². The second-order valence-electron chi connectivity index (χ2n) is 7.04. The summed E-state index contributed by atoms with van der Waals surface area (Å²) >= 11 is 0. The van der Waals surface area contributed by atoms with Crippen molar-refractivity contribution in [2.45, 2.75) is 88.7 Å². The van der Waals surface area contributed by atoms with Crippen molar-refractivity contribution in [2.24, 2.45) is 5.41 Å². The van der Waals surface area contributed by atoms with E-state index in [-0.39, 0.29) is 0 Å². The van der Waals surface area contributed by atoms with Crippen LogP contribution >= 0.6 is 0 Å². The molecule has 2 fully saturated rings. The fourth-order valence-electron chi connectivity index (χ4n) is 4.01. The van der Waals surface area contributed by atoms with Crippen LogP contribution in [0.15, 0.2) is 0 Å². The highest BCUT2D eigenvalue weighted by Gasteiger charge is 2.42. The first-order valence-electron chi connectivity index (χ1n) is 8.19. The average Bonchev–Trinajstić information content (AvgIpc) is 2.41. The average molecular weight is 285 g/mol. The smallest absolute Gasteiger partial charge is 0.0509 e. The zero-order valence-electron chi connectivity index (χ0n) is 12.9. The third kappa shape index (κ3) is 3.60. The molecule has 3 atom stereocenters. The van der Waals surface area contributed by atoms with E-state index in [4.69, 9.17) is 0 Å². The van der Waals surface area contributed by atoms with Gasteiger partial charge >= 0.3 is 0 Å². The molecule has 2 aliphatic rings. The lowest BCUT2D eigenvalue weighted by Gasteiger charge is -2.45. The van der Waals surface area contributed by atoms with Gasteiger partial charge in [-0.05, 0) is 37.6 Å². The minimum Gasteiger partial charge on any atom is -0.313 e. The van der Waals surface area contributed by atoms with Gasteiger partial charge in [0.05, 0.1) is 5.25 Å². The molecule has 3 unspecified atom stereocenters. The standard InChI is InChI=1S/C16H31NOS/c1-4-17-15-14(11-8-12-16(15,2)3)19(18)13-9-6-5-7-10-13/h13-15,17H,4-12H2,1-3H3. The lowest BCUT2D eigenvalue weighted by atomic mass is 9.73. The summed E-state index contributed by atoms with van der Waals surface area (Å²) in [6.45, 7) is 7.87. The van der Waals surface area contributed by atoms with Crippen molar-refractivity contribution >= 4 is 10.8 Å². The van der Waals surface area contributed by atoms with E-state index in [1.807, 2.05) is 0 Å². The maximum Gasteiger partial charge on any atom is 0.0509 e. The van der Waals surface area contributed by atoms with E-state index < -0.39 is 10.8 Å². The molecule has 2 aliphatic carbocycles. The second-order valence-corrected chi connectivity index (χ2v) is 8.97. The van der Waals surface area contributed by atoms with Crippen LogP contribution in [0.5, 0.6) is 0 Å². The molecule has 0 radical (unpaired) electrons. The first-order chi connectivity index (χ1) is 9.06. The van der Waals surface area contributed by atoms with Gasteiger partial charge in [0.15, 0.2) is 0 Å². The van der Waals surface area contributed by atoms with E-state index in [0.717, 1.165) is 13.0 Å². The maximum absolute atomic E-state index is 13.0. The van der Waals surface area contributed by atoms with E-state index in [1.165, 1.54) is 44.9 Å². The van der Waals surface area contributed by atoms with E-state index in [0.29, 0.717) is 22.0 Å². The molecule has 0 spiro atoms. The van der Waals surface area contributed by atoms with Gasteiger partial charge in [0.2, 0.25) is 0 Å². The third-order valence-electron chi connectivity index (χ3n) is 5.13. The quantitative estimate of drug-likeness (QED) is 0.854. The van der Waals surface area contributed by atoms with Crippen molar-refractivity contribution < 1.29 is 4.21 Å². The number of rotatable bonds is 4. The molecule has 0 bridgehead atoms. The van der Waals surface area contributed by atoms with Crippen molar-refractivity contribution in [1.29, 1.82) is 0 Å². The van der Waals surface area contributed by atoms with Crippen LogP contribution in [0.3, 0.4) is 0 Å². The summed E-state index contributed by atoms with van der Waals surface area (Å²) in [6.07, 6.45) is 9.99. The Kier molecular flexibility index (Phi) is 5.47. The molecule has 0 aromatic rings. The van der Waals surface area contributed by atoms with Gasteiger partial charge in [-0.25, -0.2) is 0 Å². The monoisotopic (exact) mass is 285 g/mol. The molecule has 19 heavy (non-hydrogen) atoms. The Balaban J connectivity index is 2.08. The van der Waals surface area contributed by atoms with Crippen LogP contribution in [0, 0.1) is 5.41 Å². The lowest BCUT2D eigenvalue weighted by Crippen LogP contribution is -2.55. The summed E-state index contributed by atoms with van der Waals surface area (Å²) < 4.78 is 13.0. The number of hydrogen-bond acceptors (Lipinski definition) is 2. The summed E-state index contributed by atoms with van der Waals surface area (Å²) in [5.41, 5.74) is 0.295. The highest BCUT2D eigenvalue weighted by atomic mass is 32.2. The molecule has 0 saturated heterocycles. The summed E-state index contributed by atoms with van der Waals surface area (Å²) in [5, 5.41) is 4.51. The van der Waals surface area contributed by atoms with Crippen LogP contribution in [-0.4, -0.2) is 27.3 Å². The van der Waals surface area contributed by atoms with E-state index >= 15 is 0 Å². The van der Waals surface area contributed by atoms with E-state index in [2.05, 4.69) is 26.1 Å². The van der Waals surface area contributed by atoms with Crippen LogP contribution < -0.4 is 5.32 Å². The molecular weight excluding hydrogens is 254 g/mol. The Labute approximate surface area is 121 Å². The minimum absolute atomic E-state index is 0.295. The second kappa shape index (κ2) is 6.71. The topological polar surface area (TPSA) is 29.1 Å². The van der Waals surface area contributed by atoms with Gasteiger partial charge in [-0.3, -0.25) is 4.21 Å². The van der Waals surface area contributed by atoms with E-state index in [1.54, 1.807) is 0 Å². The Bertz CT molecular complexity index is 310. The molecule has 0 amide bonds. The van der Waals surface area contributed by atoms with Crippen LogP contribution in [-0.2, 0) is 10.8 Å². The largest absolute Gasteiger partial charge is 0.313 e. The fourth-order valence-corrected chi connectivity index (χ4v) is 6.43. The molecule has 3 heteroatoms. The van der Waals surface area contributed by atoms with Gasteiger partial charge in [-0.2, -0.15) is 0 Å². The Hall–Kier alpha value is 0.110. The zero-order valence-corrected chi connectivity index (χ0v) is 13.7. The van der Waals surface area contributed by atoms with Crippen molar-refractivity contribution in [3.63, 3.8) is 0 Å². The highest BCUT2D eigenvalue weighted by molar-refractivity contribution is 7.86. The first-order valence-corrected chi connectivity index (χ1v) is 9.46. The van der Waals surface area contributed by atoms with Gasteiger partial charge < -0.3 is 5.32 Å². The molecule has 2 saturated carbocycles. The Morgan fingerprint density at radius 2 is 1.79 bits per heavy atom. The third-order valence-corrected chi connectivity index (χ3v) is 7.36. The Morgan fingerprint density at radius 1 is 1.11 bits per heavy atom.